The van der Waals surface area contributed by atoms with Crippen molar-refractivity contribution in [1.29, 1.82) is 5.26 Å². The Kier molecular flexibility index (Phi) is 4.44. The molecule has 3 amide bonds. The molecule has 0 atom stereocenters. The molecule has 7 heteroatoms. The van der Waals surface area contributed by atoms with E-state index in [2.05, 4.69) is 11.4 Å². The van der Waals surface area contributed by atoms with Crippen molar-refractivity contribution in [3.8, 4) is 17.4 Å². The number of benzene rings is 2. The summed E-state index contributed by atoms with van der Waals surface area (Å²) in [7, 11) is 0. The minimum Gasteiger partial charge on any atom is -0.457 e. The molecule has 0 bridgehead atoms. The summed E-state index contributed by atoms with van der Waals surface area (Å²) in [6, 6.07) is 18.4. The molecule has 1 N–H and O–H groups in total. The number of hydrogen-bond donors (Lipinski definition) is 1. The Balaban J connectivity index is 1.63. The summed E-state index contributed by atoms with van der Waals surface area (Å²) >= 11 is 5.85. The Morgan fingerprint density at radius 3 is 2.54 bits per heavy atom. The fraction of sp³-hybridized carbons (Fsp3) is 0. The van der Waals surface area contributed by atoms with Crippen molar-refractivity contribution in [3.05, 3.63) is 82.7 Å². The van der Waals surface area contributed by atoms with Gasteiger partial charge < -0.3 is 9.73 Å². The van der Waals surface area contributed by atoms with Crippen molar-refractivity contribution in [1.82, 2.24) is 5.32 Å². The molecular weight excluding hydrogens is 378 g/mol. The van der Waals surface area contributed by atoms with E-state index >= 15 is 0 Å². The van der Waals surface area contributed by atoms with Gasteiger partial charge in [-0.25, -0.2) is 9.69 Å². The number of carbonyl (C=O) groups excluding carboxylic acids is 2. The Morgan fingerprint density at radius 1 is 1.04 bits per heavy atom. The molecule has 1 fully saturated rings. The smallest absolute Gasteiger partial charge is 0.333 e. The maximum absolute atomic E-state index is 12.6. The van der Waals surface area contributed by atoms with Crippen LogP contribution in [0.25, 0.3) is 17.4 Å². The van der Waals surface area contributed by atoms with Gasteiger partial charge in [-0.15, -0.1) is 0 Å². The first-order chi connectivity index (χ1) is 13.6. The summed E-state index contributed by atoms with van der Waals surface area (Å²) in [5.41, 5.74) is 1.64. The number of rotatable bonds is 3. The second kappa shape index (κ2) is 7.06. The molecule has 6 nitrogen and oxygen atoms in total. The molecule has 0 saturated carbocycles. The van der Waals surface area contributed by atoms with Gasteiger partial charge in [-0.3, -0.25) is 4.79 Å². The monoisotopic (exact) mass is 389 g/mol. The Bertz CT molecular complexity index is 1160. The third-order valence-electron chi connectivity index (χ3n) is 4.19. The minimum atomic E-state index is -0.555. The quantitative estimate of drug-likeness (QED) is 0.525. The SMILES string of the molecule is N#Cc1ccccc1-c1ccc(/C=C2/NC(=O)N(c3ccc(Cl)cc3)C2=O)o1. The number of imide groups is 1. The maximum atomic E-state index is 12.6. The van der Waals surface area contributed by atoms with Crippen LogP contribution in [0.2, 0.25) is 5.02 Å². The lowest BCUT2D eigenvalue weighted by Gasteiger charge is -2.11. The van der Waals surface area contributed by atoms with Crippen LogP contribution in [0.15, 0.2) is 70.8 Å². The number of nitrogens with one attached hydrogen (secondary N) is 1. The molecule has 0 spiro atoms. The van der Waals surface area contributed by atoms with Gasteiger partial charge in [0.2, 0.25) is 0 Å². The van der Waals surface area contributed by atoms with E-state index in [1.807, 2.05) is 6.07 Å². The molecule has 1 aliphatic rings. The standard InChI is InChI=1S/C21H12ClN3O3/c22-14-5-7-15(8-6-14)25-20(26)18(24-21(25)27)11-16-9-10-19(28-16)17-4-2-1-3-13(17)12-23/h1-11H,(H,24,27)/b18-11+. The van der Waals surface area contributed by atoms with E-state index in [0.717, 1.165) is 4.90 Å². The number of nitriles is 1. The van der Waals surface area contributed by atoms with E-state index in [4.69, 9.17) is 16.0 Å². The Labute approximate surface area is 165 Å². The number of amides is 3. The van der Waals surface area contributed by atoms with Crippen molar-refractivity contribution in [2.45, 2.75) is 0 Å². The largest absolute Gasteiger partial charge is 0.457 e. The van der Waals surface area contributed by atoms with Crippen LogP contribution in [0, 0.1) is 11.3 Å². The lowest BCUT2D eigenvalue weighted by atomic mass is 10.1. The molecule has 0 unspecified atom stereocenters. The van der Waals surface area contributed by atoms with Crippen LogP contribution in [0.4, 0.5) is 10.5 Å². The molecule has 136 valence electrons. The normalized spacial score (nSPS) is 15.0. The molecule has 3 aromatic rings. The Hall–Kier alpha value is -3.82. The van der Waals surface area contributed by atoms with Gasteiger partial charge >= 0.3 is 6.03 Å². The van der Waals surface area contributed by atoms with E-state index in [1.165, 1.54) is 6.08 Å². The highest BCUT2D eigenvalue weighted by atomic mass is 35.5. The average molecular weight is 390 g/mol. The number of nitrogens with zero attached hydrogens (tertiary/aromatic N) is 2. The number of furan rings is 1. The van der Waals surface area contributed by atoms with Crippen molar-refractivity contribution < 1.29 is 14.0 Å². The van der Waals surface area contributed by atoms with Crippen molar-refractivity contribution in [3.63, 3.8) is 0 Å². The molecule has 2 heterocycles. The first-order valence-corrected chi connectivity index (χ1v) is 8.66. The van der Waals surface area contributed by atoms with Gasteiger partial charge in [-0.1, -0.05) is 23.7 Å². The fourth-order valence-electron chi connectivity index (χ4n) is 2.87. The zero-order valence-corrected chi connectivity index (χ0v) is 15.1. The zero-order valence-electron chi connectivity index (χ0n) is 14.3. The van der Waals surface area contributed by atoms with Crippen molar-refractivity contribution in [2.24, 2.45) is 0 Å². The summed E-state index contributed by atoms with van der Waals surface area (Å²) in [5, 5.41) is 12.3. The molecule has 4 rings (SSSR count). The molecule has 0 aliphatic carbocycles. The number of anilines is 1. The summed E-state index contributed by atoms with van der Waals surface area (Å²) in [6.45, 7) is 0. The lowest BCUT2D eigenvalue weighted by Crippen LogP contribution is -2.30. The predicted molar refractivity (Wildman–Crippen MR) is 104 cm³/mol. The molecule has 1 aliphatic heterocycles. The molecular formula is C21H12ClN3O3. The van der Waals surface area contributed by atoms with Gasteiger partial charge in [0.1, 0.15) is 17.2 Å². The topological polar surface area (TPSA) is 86.3 Å². The third kappa shape index (κ3) is 3.15. The highest BCUT2D eigenvalue weighted by Gasteiger charge is 2.35. The zero-order chi connectivity index (χ0) is 19.7. The van der Waals surface area contributed by atoms with E-state index in [0.29, 0.717) is 33.4 Å². The summed E-state index contributed by atoms with van der Waals surface area (Å²) in [4.78, 5) is 25.9. The predicted octanol–water partition coefficient (Wildman–Crippen LogP) is 4.57. The molecule has 2 aromatic carbocycles. The number of hydrogen-bond acceptors (Lipinski definition) is 4. The van der Waals surface area contributed by atoms with Gasteiger partial charge in [0.15, 0.2) is 0 Å². The third-order valence-corrected chi connectivity index (χ3v) is 4.44. The number of carbonyl (C=O) groups is 2. The van der Waals surface area contributed by atoms with Gasteiger partial charge in [0, 0.05) is 16.7 Å². The molecule has 1 saturated heterocycles. The minimum absolute atomic E-state index is 0.0921. The first-order valence-electron chi connectivity index (χ1n) is 8.29. The van der Waals surface area contributed by atoms with E-state index in [-0.39, 0.29) is 5.70 Å². The van der Waals surface area contributed by atoms with Crippen LogP contribution in [0.5, 0.6) is 0 Å². The van der Waals surface area contributed by atoms with E-state index < -0.39 is 11.9 Å². The Morgan fingerprint density at radius 2 is 1.79 bits per heavy atom. The van der Waals surface area contributed by atoms with Gasteiger partial charge in [0.05, 0.1) is 17.3 Å². The summed E-state index contributed by atoms with van der Waals surface area (Å²) in [6.07, 6.45) is 1.45. The number of urea groups is 1. The van der Waals surface area contributed by atoms with Crippen LogP contribution in [-0.2, 0) is 4.79 Å². The molecule has 28 heavy (non-hydrogen) atoms. The van der Waals surface area contributed by atoms with E-state index in [1.54, 1.807) is 54.6 Å². The highest BCUT2D eigenvalue weighted by molar-refractivity contribution is 6.31. The van der Waals surface area contributed by atoms with Crippen LogP contribution in [0.3, 0.4) is 0 Å². The summed E-state index contributed by atoms with van der Waals surface area (Å²) < 4.78 is 5.75. The molecule has 1 aromatic heterocycles. The maximum Gasteiger partial charge on any atom is 0.333 e. The average Bonchev–Trinajstić information content (AvgIpc) is 3.27. The number of halogens is 1. The van der Waals surface area contributed by atoms with Gasteiger partial charge in [-0.05, 0) is 48.5 Å². The fourth-order valence-corrected chi connectivity index (χ4v) is 3.00. The van der Waals surface area contributed by atoms with Crippen LogP contribution in [0.1, 0.15) is 11.3 Å². The van der Waals surface area contributed by atoms with Crippen LogP contribution >= 0.6 is 11.6 Å². The first kappa shape index (κ1) is 17.6. The molecule has 0 radical (unpaired) electrons. The van der Waals surface area contributed by atoms with Crippen molar-refractivity contribution >= 4 is 35.3 Å². The second-order valence-electron chi connectivity index (χ2n) is 5.96. The summed E-state index contributed by atoms with van der Waals surface area (Å²) in [5.74, 6) is 0.377. The van der Waals surface area contributed by atoms with Gasteiger partial charge in [-0.2, -0.15) is 5.26 Å². The van der Waals surface area contributed by atoms with Crippen molar-refractivity contribution in [2.75, 3.05) is 4.90 Å². The lowest BCUT2D eigenvalue weighted by molar-refractivity contribution is -0.113. The van der Waals surface area contributed by atoms with E-state index in [9.17, 15) is 14.9 Å². The van der Waals surface area contributed by atoms with Crippen LogP contribution in [-0.4, -0.2) is 11.9 Å². The van der Waals surface area contributed by atoms with Gasteiger partial charge in [0.25, 0.3) is 5.91 Å². The highest BCUT2D eigenvalue weighted by Crippen LogP contribution is 2.28. The second-order valence-corrected chi connectivity index (χ2v) is 6.40. The van der Waals surface area contributed by atoms with Crippen LogP contribution < -0.4 is 10.2 Å².